The van der Waals surface area contributed by atoms with Crippen LogP contribution in [0.15, 0.2) is 24.3 Å². The first-order valence-corrected chi connectivity index (χ1v) is 7.84. The molecule has 29 heavy (non-hydrogen) atoms. The van der Waals surface area contributed by atoms with E-state index in [2.05, 4.69) is 10.2 Å². The van der Waals surface area contributed by atoms with Gasteiger partial charge in [0.2, 0.25) is 11.4 Å². The van der Waals surface area contributed by atoms with Crippen molar-refractivity contribution in [2.45, 2.75) is 13.1 Å². The number of phenols is 2. The number of benzene rings is 1. The maximum Gasteiger partial charge on any atom is 0.478 e. The molecule has 152 valence electrons. The molecule has 10 nitrogen and oxygen atoms in total. The van der Waals surface area contributed by atoms with Crippen LogP contribution < -0.4 is 4.73 Å². The third-order valence-corrected chi connectivity index (χ3v) is 4.25. The molecule has 1 aromatic carbocycles. The molecule has 0 aliphatic rings. The standard InChI is InChI=1S/C16H12F3N5O5/c1-7-9(3-4-12(23(7)27)16(17,18)19)15-21-20-14(22(15)2)8-5-10(24(28)29)13(26)11(25)6-8/h3-6,25-26H,1-2H3. The first-order valence-electron chi connectivity index (χ1n) is 7.84. The van der Waals surface area contributed by atoms with Gasteiger partial charge in [-0.15, -0.1) is 10.2 Å². The molecular formula is C16H12F3N5O5. The summed E-state index contributed by atoms with van der Waals surface area (Å²) in [6.45, 7) is 1.18. The Morgan fingerprint density at radius 1 is 1.17 bits per heavy atom. The van der Waals surface area contributed by atoms with Crippen molar-refractivity contribution in [3.05, 3.63) is 51.0 Å². The van der Waals surface area contributed by atoms with E-state index in [1.807, 2.05) is 0 Å². The van der Waals surface area contributed by atoms with Crippen LogP contribution in [0.2, 0.25) is 0 Å². The van der Waals surface area contributed by atoms with E-state index in [1.165, 1.54) is 18.5 Å². The Kier molecular flexibility index (Phi) is 4.53. The van der Waals surface area contributed by atoms with Crippen LogP contribution in [0.1, 0.15) is 11.4 Å². The third kappa shape index (κ3) is 3.26. The fourth-order valence-electron chi connectivity index (χ4n) is 2.77. The highest BCUT2D eigenvalue weighted by Gasteiger charge is 2.41. The number of aromatic hydroxyl groups is 2. The molecule has 2 heterocycles. The molecular weight excluding hydrogens is 399 g/mol. The Balaban J connectivity index is 2.15. The van der Waals surface area contributed by atoms with Gasteiger partial charge in [-0.25, -0.2) is 0 Å². The fourth-order valence-corrected chi connectivity index (χ4v) is 2.77. The Labute approximate surface area is 159 Å². The predicted molar refractivity (Wildman–Crippen MR) is 90.6 cm³/mol. The van der Waals surface area contributed by atoms with Gasteiger partial charge in [-0.05, 0) is 12.1 Å². The monoisotopic (exact) mass is 411 g/mol. The zero-order valence-electron chi connectivity index (χ0n) is 14.8. The highest BCUT2D eigenvalue weighted by atomic mass is 19.4. The van der Waals surface area contributed by atoms with Gasteiger partial charge >= 0.3 is 11.9 Å². The van der Waals surface area contributed by atoms with Gasteiger partial charge in [0.15, 0.2) is 17.4 Å². The minimum absolute atomic E-state index is 0.00940. The fraction of sp³-hybridized carbons (Fsp3) is 0.188. The molecule has 0 amide bonds. The van der Waals surface area contributed by atoms with Crippen molar-refractivity contribution in [3.8, 4) is 34.3 Å². The molecule has 2 aromatic heterocycles. The van der Waals surface area contributed by atoms with E-state index in [0.717, 1.165) is 18.2 Å². The van der Waals surface area contributed by atoms with E-state index in [-0.39, 0.29) is 33.2 Å². The number of nitro benzene ring substituents is 1. The smallest absolute Gasteiger partial charge is 0.478 e. The normalized spacial score (nSPS) is 11.6. The molecule has 3 aromatic rings. The Hall–Kier alpha value is -3.90. The summed E-state index contributed by atoms with van der Waals surface area (Å²) >= 11 is 0. The zero-order chi connectivity index (χ0) is 21.7. The first kappa shape index (κ1) is 19.9. The van der Waals surface area contributed by atoms with E-state index in [0.29, 0.717) is 6.07 Å². The molecule has 13 heteroatoms. The highest BCUT2D eigenvalue weighted by Crippen LogP contribution is 2.39. The molecule has 0 atom stereocenters. The number of nitro groups is 1. The number of phenolic OH excluding ortho intramolecular Hbond substituents is 2. The Morgan fingerprint density at radius 2 is 1.79 bits per heavy atom. The van der Waals surface area contributed by atoms with Gasteiger partial charge in [-0.2, -0.15) is 17.9 Å². The minimum Gasteiger partial charge on any atom is -0.618 e. The van der Waals surface area contributed by atoms with Gasteiger partial charge in [0.1, 0.15) is 0 Å². The van der Waals surface area contributed by atoms with Crippen LogP contribution in [-0.2, 0) is 13.2 Å². The first-order chi connectivity index (χ1) is 13.4. The van der Waals surface area contributed by atoms with Gasteiger partial charge in [-0.1, -0.05) is 0 Å². The summed E-state index contributed by atoms with van der Waals surface area (Å²) in [5, 5.41) is 50.0. The van der Waals surface area contributed by atoms with Gasteiger partial charge in [0.25, 0.3) is 5.69 Å². The molecule has 0 saturated carbocycles. The Morgan fingerprint density at radius 3 is 2.38 bits per heavy atom. The number of halogens is 3. The quantitative estimate of drug-likeness (QED) is 0.222. The number of aromatic nitrogens is 4. The SMILES string of the molecule is Cc1c(-c2nnc(-c3cc(O)c(O)c([N+](=O)[O-])c3)n2C)ccc(C(F)(F)F)[n+]1[O-]. The number of hydrogen-bond donors (Lipinski definition) is 2. The third-order valence-electron chi connectivity index (χ3n) is 4.25. The summed E-state index contributed by atoms with van der Waals surface area (Å²) in [7, 11) is 1.42. The van der Waals surface area contributed by atoms with Gasteiger partial charge in [-0.3, -0.25) is 10.1 Å². The summed E-state index contributed by atoms with van der Waals surface area (Å²) in [6.07, 6.45) is -4.83. The van der Waals surface area contributed by atoms with Crippen molar-refractivity contribution in [2.24, 2.45) is 7.05 Å². The molecule has 0 radical (unpaired) electrons. The lowest BCUT2D eigenvalue weighted by Crippen LogP contribution is -2.40. The van der Waals surface area contributed by atoms with Crippen LogP contribution in [0, 0.1) is 22.2 Å². The molecule has 0 saturated heterocycles. The minimum atomic E-state index is -4.83. The van der Waals surface area contributed by atoms with Crippen LogP contribution in [0.4, 0.5) is 18.9 Å². The largest absolute Gasteiger partial charge is 0.618 e. The summed E-state index contributed by atoms with van der Waals surface area (Å²) in [5.41, 5.74) is -2.35. The summed E-state index contributed by atoms with van der Waals surface area (Å²) in [4.78, 5) is 10.1. The zero-order valence-corrected chi connectivity index (χ0v) is 14.8. The van der Waals surface area contributed by atoms with E-state index in [9.17, 15) is 38.7 Å². The maximum atomic E-state index is 12.9. The van der Waals surface area contributed by atoms with Crippen LogP contribution in [0.25, 0.3) is 22.8 Å². The average molecular weight is 411 g/mol. The molecule has 0 unspecified atom stereocenters. The van der Waals surface area contributed by atoms with Crippen LogP contribution in [0.3, 0.4) is 0 Å². The van der Waals surface area contributed by atoms with Crippen molar-refractivity contribution in [3.63, 3.8) is 0 Å². The number of rotatable bonds is 3. The predicted octanol–water partition coefficient (Wildman–Crippen LogP) is 2.43. The molecule has 0 spiro atoms. The molecule has 0 bridgehead atoms. The molecule has 0 aliphatic heterocycles. The second-order valence-electron chi connectivity index (χ2n) is 6.04. The average Bonchev–Trinajstić information content (AvgIpc) is 2.99. The van der Waals surface area contributed by atoms with E-state index < -0.39 is 34.0 Å². The number of hydrogen-bond acceptors (Lipinski definition) is 7. The summed E-state index contributed by atoms with van der Waals surface area (Å²) < 4.78 is 39.7. The lowest BCUT2D eigenvalue weighted by atomic mass is 10.1. The van der Waals surface area contributed by atoms with Crippen molar-refractivity contribution < 1.29 is 33.0 Å². The number of pyridine rings is 1. The van der Waals surface area contributed by atoms with Crippen LogP contribution >= 0.6 is 0 Å². The highest BCUT2D eigenvalue weighted by molar-refractivity contribution is 5.70. The topological polar surface area (TPSA) is 141 Å². The molecule has 3 rings (SSSR count). The summed E-state index contributed by atoms with van der Waals surface area (Å²) in [5.74, 6) is -1.66. The second kappa shape index (κ2) is 6.61. The lowest BCUT2D eigenvalue weighted by molar-refractivity contribution is -0.635. The van der Waals surface area contributed by atoms with E-state index in [1.54, 1.807) is 0 Å². The van der Waals surface area contributed by atoms with Gasteiger partial charge in [0, 0.05) is 31.7 Å². The van der Waals surface area contributed by atoms with Crippen molar-refractivity contribution in [1.82, 2.24) is 14.8 Å². The van der Waals surface area contributed by atoms with Gasteiger partial charge < -0.3 is 20.0 Å². The molecule has 0 fully saturated rings. The maximum absolute atomic E-state index is 12.9. The van der Waals surface area contributed by atoms with Gasteiger partial charge in [0.05, 0.1) is 10.5 Å². The Bertz CT molecular complexity index is 1140. The number of nitrogens with zero attached hydrogens (tertiary/aromatic N) is 5. The van der Waals surface area contributed by atoms with Crippen molar-refractivity contribution in [1.29, 1.82) is 0 Å². The number of alkyl halides is 3. The van der Waals surface area contributed by atoms with E-state index in [4.69, 9.17) is 0 Å². The van der Waals surface area contributed by atoms with Crippen molar-refractivity contribution >= 4 is 5.69 Å². The molecule has 0 aliphatic carbocycles. The molecule has 2 N–H and O–H groups in total. The van der Waals surface area contributed by atoms with Crippen molar-refractivity contribution in [2.75, 3.05) is 0 Å². The van der Waals surface area contributed by atoms with E-state index >= 15 is 0 Å². The second-order valence-corrected chi connectivity index (χ2v) is 6.04. The summed E-state index contributed by atoms with van der Waals surface area (Å²) in [6, 6.07) is 3.65. The van der Waals surface area contributed by atoms with Crippen LogP contribution in [-0.4, -0.2) is 29.9 Å². The lowest BCUT2D eigenvalue weighted by Gasteiger charge is -2.12. The van der Waals surface area contributed by atoms with Crippen LogP contribution in [0.5, 0.6) is 11.5 Å².